The minimum Gasteiger partial charge on any atom is -0.322 e. The van der Waals surface area contributed by atoms with E-state index < -0.39 is 0 Å². The molecule has 1 rings (SSSR count). The van der Waals surface area contributed by atoms with Gasteiger partial charge in [0.2, 0.25) is 0 Å². The summed E-state index contributed by atoms with van der Waals surface area (Å²) in [6.45, 7) is 14.4. The van der Waals surface area contributed by atoms with Crippen molar-refractivity contribution in [2.75, 3.05) is 33.2 Å². The lowest BCUT2D eigenvalue weighted by Gasteiger charge is -2.46. The zero-order valence-electron chi connectivity index (χ0n) is 9.88. The molecule has 1 aliphatic heterocycles. The molecule has 2 nitrogen and oxygen atoms in total. The van der Waals surface area contributed by atoms with Crippen LogP contribution in [-0.4, -0.2) is 54.7 Å². The van der Waals surface area contributed by atoms with Crippen LogP contribution in [0.1, 0.15) is 27.7 Å². The van der Waals surface area contributed by atoms with Gasteiger partial charge >= 0.3 is 0 Å². The van der Waals surface area contributed by atoms with Crippen molar-refractivity contribution in [3.63, 3.8) is 0 Å². The van der Waals surface area contributed by atoms with Crippen LogP contribution >= 0.6 is 0 Å². The van der Waals surface area contributed by atoms with Gasteiger partial charge < -0.3 is 4.48 Å². The zero-order valence-corrected chi connectivity index (χ0v) is 9.88. The number of quaternary nitrogens is 1. The Morgan fingerprint density at radius 1 is 1.00 bits per heavy atom. The maximum Gasteiger partial charge on any atom is 0.0916 e. The summed E-state index contributed by atoms with van der Waals surface area (Å²) in [4.78, 5) is 2.59. The largest absolute Gasteiger partial charge is 0.322 e. The van der Waals surface area contributed by atoms with Gasteiger partial charge in [-0.15, -0.1) is 0 Å². The van der Waals surface area contributed by atoms with E-state index in [4.69, 9.17) is 0 Å². The molecule has 0 N–H and O–H groups in total. The molecule has 0 radical (unpaired) electrons. The van der Waals surface area contributed by atoms with Gasteiger partial charge in [-0.1, -0.05) is 0 Å². The van der Waals surface area contributed by atoms with Crippen LogP contribution in [0.3, 0.4) is 0 Å². The van der Waals surface area contributed by atoms with Gasteiger partial charge in [-0.05, 0) is 27.7 Å². The molecule has 0 atom stereocenters. The molecule has 0 bridgehead atoms. The number of hydrogen-bond acceptors (Lipinski definition) is 1. The number of rotatable bonds is 2. The normalized spacial score (nSPS) is 24.2. The molecule has 0 spiro atoms. The van der Waals surface area contributed by atoms with Crippen molar-refractivity contribution in [2.45, 2.75) is 39.8 Å². The second-order valence-corrected chi connectivity index (χ2v) is 5.15. The molecule has 0 aliphatic carbocycles. The zero-order chi connectivity index (χ0) is 10.1. The highest BCUT2D eigenvalue weighted by Crippen LogP contribution is 2.16. The summed E-state index contributed by atoms with van der Waals surface area (Å²) in [5.74, 6) is 0. The van der Waals surface area contributed by atoms with Crippen LogP contribution < -0.4 is 0 Å². The van der Waals surface area contributed by atoms with Crippen molar-refractivity contribution in [3.05, 3.63) is 0 Å². The minimum atomic E-state index is 0.723. The lowest BCUT2D eigenvalue weighted by atomic mass is 10.1. The molecule has 1 fully saturated rings. The maximum atomic E-state index is 2.59. The van der Waals surface area contributed by atoms with Gasteiger partial charge in [0, 0.05) is 19.1 Å². The van der Waals surface area contributed by atoms with Gasteiger partial charge in [0.25, 0.3) is 0 Å². The molecule has 0 aromatic carbocycles. The summed E-state index contributed by atoms with van der Waals surface area (Å²) in [5.41, 5.74) is 0. The first-order valence-electron chi connectivity index (χ1n) is 5.54. The molecule has 2 heteroatoms. The molecule has 13 heavy (non-hydrogen) atoms. The van der Waals surface area contributed by atoms with E-state index >= 15 is 0 Å². The summed E-state index contributed by atoms with van der Waals surface area (Å²) >= 11 is 0. The molecule has 0 amide bonds. The van der Waals surface area contributed by atoms with Gasteiger partial charge in [-0.3, -0.25) is 4.90 Å². The van der Waals surface area contributed by atoms with Crippen molar-refractivity contribution >= 4 is 0 Å². The summed E-state index contributed by atoms with van der Waals surface area (Å²) in [6.07, 6.45) is 0. The molecule has 78 valence electrons. The van der Waals surface area contributed by atoms with Gasteiger partial charge in [0.05, 0.1) is 26.2 Å². The highest BCUT2D eigenvalue weighted by molar-refractivity contribution is 4.67. The number of nitrogens with zero attached hydrogens (tertiary/aromatic N) is 2. The fraction of sp³-hybridized carbons (Fsp3) is 1.00. The van der Waals surface area contributed by atoms with Gasteiger partial charge in [-0.2, -0.15) is 0 Å². The first-order valence-corrected chi connectivity index (χ1v) is 5.54. The minimum absolute atomic E-state index is 0.723. The maximum absolute atomic E-state index is 2.59. The lowest BCUT2D eigenvalue weighted by Crippen LogP contribution is -2.61. The Kier molecular flexibility index (Phi) is 3.36. The van der Waals surface area contributed by atoms with E-state index in [0.717, 1.165) is 12.1 Å². The van der Waals surface area contributed by atoms with Crippen LogP contribution in [0.5, 0.6) is 0 Å². The summed E-state index contributed by atoms with van der Waals surface area (Å²) < 4.78 is 1.25. The van der Waals surface area contributed by atoms with Crippen LogP contribution in [0, 0.1) is 0 Å². The molecule has 1 heterocycles. The molecule has 0 aromatic heterocycles. The fourth-order valence-corrected chi connectivity index (χ4v) is 1.97. The molecular weight excluding hydrogens is 160 g/mol. The van der Waals surface area contributed by atoms with E-state index in [1.54, 1.807) is 0 Å². The Bertz CT molecular complexity index is 155. The van der Waals surface area contributed by atoms with Crippen molar-refractivity contribution in [1.82, 2.24) is 4.90 Å². The second kappa shape index (κ2) is 3.97. The van der Waals surface area contributed by atoms with Crippen LogP contribution in [0.2, 0.25) is 0 Å². The van der Waals surface area contributed by atoms with E-state index in [2.05, 4.69) is 39.6 Å². The number of likely N-dealkylation sites (N-methyl/N-ethyl adjacent to an activating group) is 1. The standard InChI is InChI=1S/C11H25N2/c1-10(2)12-6-8-13(5,9-7-12)11(3)4/h10-11H,6-9H2,1-5H3/q+1. The monoisotopic (exact) mass is 185 g/mol. The number of piperazine rings is 1. The SMILES string of the molecule is CC(C)N1CC[N+](C)(C(C)C)CC1. The van der Waals surface area contributed by atoms with Gasteiger partial charge in [0.15, 0.2) is 0 Å². The van der Waals surface area contributed by atoms with Gasteiger partial charge in [-0.25, -0.2) is 0 Å². The van der Waals surface area contributed by atoms with E-state index in [9.17, 15) is 0 Å². The highest BCUT2D eigenvalue weighted by atomic mass is 15.4. The average molecular weight is 185 g/mol. The topological polar surface area (TPSA) is 3.24 Å². The third kappa shape index (κ3) is 2.44. The summed E-state index contributed by atoms with van der Waals surface area (Å²) in [7, 11) is 2.39. The lowest BCUT2D eigenvalue weighted by molar-refractivity contribution is -0.933. The van der Waals surface area contributed by atoms with Crippen LogP contribution in [-0.2, 0) is 0 Å². The average Bonchev–Trinajstić information content (AvgIpc) is 2.04. The van der Waals surface area contributed by atoms with Crippen molar-refractivity contribution < 1.29 is 4.48 Å². The number of hydrogen-bond donors (Lipinski definition) is 0. The van der Waals surface area contributed by atoms with Crippen LogP contribution in [0.25, 0.3) is 0 Å². The third-order valence-corrected chi connectivity index (χ3v) is 3.77. The Labute approximate surface area is 83.1 Å². The molecule has 0 unspecified atom stereocenters. The van der Waals surface area contributed by atoms with E-state index in [1.165, 1.54) is 30.7 Å². The Morgan fingerprint density at radius 2 is 1.46 bits per heavy atom. The highest BCUT2D eigenvalue weighted by Gasteiger charge is 2.31. The van der Waals surface area contributed by atoms with E-state index in [0.29, 0.717) is 0 Å². The predicted octanol–water partition coefficient (Wildman–Crippen LogP) is 1.57. The van der Waals surface area contributed by atoms with Crippen molar-refractivity contribution in [1.29, 1.82) is 0 Å². The van der Waals surface area contributed by atoms with Gasteiger partial charge in [0.1, 0.15) is 0 Å². The summed E-state index contributed by atoms with van der Waals surface area (Å²) in [6, 6.07) is 1.50. The first kappa shape index (κ1) is 11.0. The van der Waals surface area contributed by atoms with Crippen LogP contribution in [0.4, 0.5) is 0 Å². The Balaban J connectivity index is 2.47. The Morgan fingerprint density at radius 3 is 1.77 bits per heavy atom. The van der Waals surface area contributed by atoms with Crippen molar-refractivity contribution in [3.8, 4) is 0 Å². The molecule has 0 aromatic rings. The molecular formula is C11H25N2+. The van der Waals surface area contributed by atoms with E-state index in [-0.39, 0.29) is 0 Å². The Hall–Kier alpha value is -0.0800. The third-order valence-electron chi connectivity index (χ3n) is 3.77. The molecule has 1 aliphatic rings. The smallest absolute Gasteiger partial charge is 0.0916 e. The van der Waals surface area contributed by atoms with Crippen LogP contribution in [0.15, 0.2) is 0 Å². The van der Waals surface area contributed by atoms with Crippen molar-refractivity contribution in [2.24, 2.45) is 0 Å². The predicted molar refractivity (Wildman–Crippen MR) is 57.8 cm³/mol. The fourth-order valence-electron chi connectivity index (χ4n) is 1.97. The molecule has 0 saturated carbocycles. The van der Waals surface area contributed by atoms with E-state index in [1.807, 2.05) is 0 Å². The summed E-state index contributed by atoms with van der Waals surface area (Å²) in [5, 5.41) is 0. The second-order valence-electron chi connectivity index (χ2n) is 5.15. The molecule has 1 saturated heterocycles. The first-order chi connectivity index (χ1) is 5.96. The quantitative estimate of drug-likeness (QED) is 0.590.